The predicted molar refractivity (Wildman–Crippen MR) is 102 cm³/mol. The second-order valence-electron chi connectivity index (χ2n) is 6.89. The number of nitrogens with one attached hydrogen (secondary N) is 2. The van der Waals surface area contributed by atoms with Crippen molar-refractivity contribution in [2.75, 3.05) is 39.4 Å². The second kappa shape index (κ2) is 8.62. The summed E-state index contributed by atoms with van der Waals surface area (Å²) in [4.78, 5) is 18.5. The molecule has 29 heavy (non-hydrogen) atoms. The molecule has 0 aliphatic carbocycles. The van der Waals surface area contributed by atoms with E-state index in [1.165, 1.54) is 17.2 Å². The topological polar surface area (TPSA) is 73.0 Å². The van der Waals surface area contributed by atoms with Gasteiger partial charge in [-0.05, 0) is 6.07 Å². The van der Waals surface area contributed by atoms with Crippen LogP contribution in [0.2, 0.25) is 0 Å². The first-order chi connectivity index (χ1) is 14.1. The Morgan fingerprint density at radius 3 is 2.72 bits per heavy atom. The third kappa shape index (κ3) is 4.25. The Bertz CT molecular complexity index is 987. The van der Waals surface area contributed by atoms with Gasteiger partial charge in [0.1, 0.15) is 24.3 Å². The van der Waals surface area contributed by atoms with Crippen molar-refractivity contribution in [3.63, 3.8) is 0 Å². The van der Waals surface area contributed by atoms with Crippen LogP contribution in [0, 0.1) is 0 Å². The zero-order chi connectivity index (χ0) is 20.2. The number of hydrogen-bond donors (Lipinski definition) is 2. The molecule has 0 spiro atoms. The van der Waals surface area contributed by atoms with Crippen molar-refractivity contribution < 1.29 is 23.2 Å². The Kier molecular flexibility index (Phi) is 5.77. The van der Waals surface area contributed by atoms with Gasteiger partial charge >= 0.3 is 0 Å². The van der Waals surface area contributed by atoms with Crippen LogP contribution in [-0.2, 0) is 4.74 Å². The molecule has 1 fully saturated rings. The summed E-state index contributed by atoms with van der Waals surface area (Å²) in [6, 6.07) is 10.3. The van der Waals surface area contributed by atoms with Gasteiger partial charge in [-0.2, -0.15) is 5.10 Å². The van der Waals surface area contributed by atoms with E-state index in [0.717, 1.165) is 37.4 Å². The quantitative estimate of drug-likeness (QED) is 0.645. The molecule has 1 aliphatic heterocycles. The number of nitrogens with zero attached hydrogens (tertiary/aromatic N) is 3. The lowest BCUT2D eigenvalue weighted by molar-refractivity contribution is -0.906. The normalized spacial score (nSPS) is 15.1. The molecule has 0 saturated carbocycles. The summed E-state index contributed by atoms with van der Waals surface area (Å²) < 4.78 is 33.6. The van der Waals surface area contributed by atoms with Crippen LogP contribution < -0.4 is 10.2 Å². The summed E-state index contributed by atoms with van der Waals surface area (Å²) in [5.74, 6) is -0.370. The van der Waals surface area contributed by atoms with Crippen molar-refractivity contribution in [2.24, 2.45) is 0 Å². The number of halogens is 2. The molecule has 7 nitrogen and oxygen atoms in total. The van der Waals surface area contributed by atoms with Crippen LogP contribution in [0.1, 0.15) is 22.5 Å². The molecule has 9 heteroatoms. The van der Waals surface area contributed by atoms with Crippen molar-refractivity contribution >= 4 is 11.6 Å². The third-order valence-electron chi connectivity index (χ3n) is 5.00. The van der Waals surface area contributed by atoms with Gasteiger partial charge in [0.15, 0.2) is 5.65 Å². The highest BCUT2D eigenvalue weighted by Crippen LogP contribution is 2.26. The molecule has 0 unspecified atom stereocenters. The standard InChI is InChI=1S/C20H21F2N5O2/c21-18(22)17-12-16(14-4-2-1-3-5-14)25-19-15(13-24-27(17)19)20(28)23-6-7-26-8-10-29-11-9-26/h1-5,12-13,18H,6-11H2,(H,23,28)/p+1. The monoisotopic (exact) mass is 402 g/mol. The summed E-state index contributed by atoms with van der Waals surface area (Å²) >= 11 is 0. The Morgan fingerprint density at radius 1 is 1.24 bits per heavy atom. The van der Waals surface area contributed by atoms with E-state index < -0.39 is 6.43 Å². The van der Waals surface area contributed by atoms with E-state index >= 15 is 0 Å². The van der Waals surface area contributed by atoms with Gasteiger partial charge < -0.3 is 15.0 Å². The number of fused-ring (bicyclic) bond motifs is 1. The van der Waals surface area contributed by atoms with Crippen molar-refractivity contribution in [1.29, 1.82) is 0 Å². The van der Waals surface area contributed by atoms with E-state index in [1.54, 1.807) is 24.3 Å². The molecule has 3 aromatic rings. The van der Waals surface area contributed by atoms with E-state index in [0.29, 0.717) is 17.8 Å². The number of morpholine rings is 1. The molecule has 0 radical (unpaired) electrons. The summed E-state index contributed by atoms with van der Waals surface area (Å²) in [5, 5.41) is 6.84. The molecule has 3 heterocycles. The second-order valence-corrected chi connectivity index (χ2v) is 6.89. The number of hydrogen-bond acceptors (Lipinski definition) is 4. The number of amides is 1. The average molecular weight is 402 g/mol. The molecule has 1 aromatic carbocycles. The molecule has 0 atom stereocenters. The molecule has 0 bridgehead atoms. The van der Waals surface area contributed by atoms with Crippen molar-refractivity contribution in [2.45, 2.75) is 6.43 Å². The van der Waals surface area contributed by atoms with Crippen LogP contribution in [0.5, 0.6) is 0 Å². The molecular weight excluding hydrogens is 380 g/mol. The number of alkyl halides is 2. The fourth-order valence-corrected chi connectivity index (χ4v) is 3.42. The van der Waals surface area contributed by atoms with Crippen LogP contribution in [-0.4, -0.2) is 59.9 Å². The summed E-state index contributed by atoms with van der Waals surface area (Å²) in [5.41, 5.74) is 1.08. The lowest BCUT2D eigenvalue weighted by atomic mass is 10.1. The minimum Gasteiger partial charge on any atom is -0.370 e. The van der Waals surface area contributed by atoms with Gasteiger partial charge in [-0.15, -0.1) is 0 Å². The number of rotatable bonds is 6. The summed E-state index contributed by atoms with van der Waals surface area (Å²) in [6.07, 6.45) is -1.46. The molecule has 1 saturated heterocycles. The maximum Gasteiger partial charge on any atom is 0.280 e. The van der Waals surface area contributed by atoms with Crippen molar-refractivity contribution in [1.82, 2.24) is 19.9 Å². The highest BCUT2D eigenvalue weighted by atomic mass is 19.3. The van der Waals surface area contributed by atoms with E-state index in [4.69, 9.17) is 4.74 Å². The lowest BCUT2D eigenvalue weighted by Crippen LogP contribution is -3.14. The smallest absolute Gasteiger partial charge is 0.280 e. The lowest BCUT2D eigenvalue weighted by Gasteiger charge is -2.23. The van der Waals surface area contributed by atoms with Gasteiger partial charge in [-0.1, -0.05) is 30.3 Å². The molecule has 1 amide bonds. The molecular formula is C20H22F2N5O2+. The van der Waals surface area contributed by atoms with E-state index in [-0.39, 0.29) is 22.8 Å². The number of carbonyl (C=O) groups is 1. The first-order valence-electron chi connectivity index (χ1n) is 9.55. The molecule has 2 aromatic heterocycles. The minimum absolute atomic E-state index is 0.123. The van der Waals surface area contributed by atoms with Gasteiger partial charge in [0.2, 0.25) is 0 Å². The Balaban J connectivity index is 1.59. The highest BCUT2D eigenvalue weighted by Gasteiger charge is 2.22. The van der Waals surface area contributed by atoms with E-state index in [2.05, 4.69) is 15.4 Å². The molecule has 2 N–H and O–H groups in total. The SMILES string of the molecule is O=C(NCC[NH+]1CCOCC1)c1cnn2c(C(F)F)cc(-c3ccccc3)nc12. The van der Waals surface area contributed by atoms with Gasteiger partial charge in [-0.3, -0.25) is 4.79 Å². The Morgan fingerprint density at radius 2 is 2.00 bits per heavy atom. The van der Waals surface area contributed by atoms with Crippen LogP contribution in [0.4, 0.5) is 8.78 Å². The Hall–Kier alpha value is -2.91. The largest absolute Gasteiger partial charge is 0.370 e. The maximum atomic E-state index is 13.6. The van der Waals surface area contributed by atoms with Gasteiger partial charge in [0.05, 0.1) is 38.2 Å². The zero-order valence-electron chi connectivity index (χ0n) is 15.8. The minimum atomic E-state index is -2.75. The first-order valence-corrected chi connectivity index (χ1v) is 9.55. The number of benzene rings is 1. The Labute approximate surface area is 166 Å². The third-order valence-corrected chi connectivity index (χ3v) is 5.00. The van der Waals surface area contributed by atoms with Crippen LogP contribution in [0.15, 0.2) is 42.6 Å². The van der Waals surface area contributed by atoms with Crippen LogP contribution in [0.25, 0.3) is 16.9 Å². The number of carbonyl (C=O) groups excluding carboxylic acids is 1. The van der Waals surface area contributed by atoms with E-state index in [9.17, 15) is 13.6 Å². The number of aromatic nitrogens is 3. The zero-order valence-corrected chi connectivity index (χ0v) is 15.8. The predicted octanol–water partition coefficient (Wildman–Crippen LogP) is 0.979. The average Bonchev–Trinajstić information content (AvgIpc) is 3.18. The van der Waals surface area contributed by atoms with Gasteiger partial charge in [0, 0.05) is 5.56 Å². The van der Waals surface area contributed by atoms with Gasteiger partial charge in [0.25, 0.3) is 12.3 Å². The summed E-state index contributed by atoms with van der Waals surface area (Å²) in [6.45, 7) is 4.52. The van der Waals surface area contributed by atoms with E-state index in [1.807, 2.05) is 6.07 Å². The highest BCUT2D eigenvalue weighted by molar-refractivity contribution is 5.99. The van der Waals surface area contributed by atoms with Crippen LogP contribution >= 0.6 is 0 Å². The molecule has 4 rings (SSSR count). The number of quaternary nitrogens is 1. The fraction of sp³-hybridized carbons (Fsp3) is 0.350. The maximum absolute atomic E-state index is 13.6. The summed E-state index contributed by atoms with van der Waals surface area (Å²) in [7, 11) is 0. The molecule has 152 valence electrons. The fourth-order valence-electron chi connectivity index (χ4n) is 3.42. The van der Waals surface area contributed by atoms with Crippen molar-refractivity contribution in [3.8, 4) is 11.3 Å². The van der Waals surface area contributed by atoms with Crippen molar-refractivity contribution in [3.05, 3.63) is 53.9 Å². The van der Waals surface area contributed by atoms with Crippen LogP contribution in [0.3, 0.4) is 0 Å². The van der Waals surface area contributed by atoms with Gasteiger partial charge in [-0.25, -0.2) is 18.3 Å². The first kappa shape index (κ1) is 19.4. The number of ether oxygens (including phenoxy) is 1. The molecule has 1 aliphatic rings.